The van der Waals surface area contributed by atoms with E-state index in [0.717, 1.165) is 22.3 Å². The van der Waals surface area contributed by atoms with E-state index in [1.165, 1.54) is 0 Å². The highest BCUT2D eigenvalue weighted by Gasteiger charge is 2.18. The largest absolute Gasteiger partial charge is 0.379 e. The molecular formula is C16H18O3S. The summed E-state index contributed by atoms with van der Waals surface area (Å²) in [4.78, 5) is 0.167. The third-order valence-electron chi connectivity index (χ3n) is 3.52. The van der Waals surface area contributed by atoms with E-state index in [2.05, 4.69) is 0 Å². The Labute approximate surface area is 120 Å². The molecule has 3 nitrogen and oxygen atoms in total. The molecule has 0 saturated carbocycles. The molecular weight excluding hydrogens is 272 g/mol. The van der Waals surface area contributed by atoms with Gasteiger partial charge in [0.15, 0.2) is 0 Å². The van der Waals surface area contributed by atoms with E-state index in [1.807, 2.05) is 33.8 Å². The van der Waals surface area contributed by atoms with Crippen LogP contribution in [0, 0.1) is 27.7 Å². The van der Waals surface area contributed by atoms with Crippen molar-refractivity contribution >= 4 is 10.1 Å². The van der Waals surface area contributed by atoms with Crippen LogP contribution in [0.4, 0.5) is 0 Å². The van der Waals surface area contributed by atoms with E-state index in [4.69, 9.17) is 4.18 Å². The topological polar surface area (TPSA) is 43.4 Å². The van der Waals surface area contributed by atoms with E-state index >= 15 is 0 Å². The third kappa shape index (κ3) is 2.85. The van der Waals surface area contributed by atoms with Crippen LogP contribution in [0.25, 0.3) is 0 Å². The number of hydrogen-bond donors (Lipinski definition) is 0. The van der Waals surface area contributed by atoms with Crippen LogP contribution < -0.4 is 4.18 Å². The van der Waals surface area contributed by atoms with Crippen LogP contribution in [0.5, 0.6) is 5.75 Å². The molecule has 2 rings (SSSR count). The summed E-state index contributed by atoms with van der Waals surface area (Å²) in [6.45, 7) is 7.71. The zero-order valence-electron chi connectivity index (χ0n) is 12.1. The van der Waals surface area contributed by atoms with Crippen LogP contribution >= 0.6 is 0 Å². The average molecular weight is 290 g/mol. The molecule has 0 spiro atoms. The van der Waals surface area contributed by atoms with E-state index in [0.29, 0.717) is 5.75 Å². The number of rotatable bonds is 3. The van der Waals surface area contributed by atoms with Gasteiger partial charge in [-0.25, -0.2) is 0 Å². The van der Waals surface area contributed by atoms with Crippen molar-refractivity contribution in [1.82, 2.24) is 0 Å². The first-order valence-electron chi connectivity index (χ1n) is 6.39. The Bertz CT molecular complexity index is 729. The van der Waals surface area contributed by atoms with Gasteiger partial charge in [0.05, 0.1) is 0 Å². The number of benzene rings is 2. The molecule has 20 heavy (non-hydrogen) atoms. The third-order valence-corrected chi connectivity index (χ3v) is 4.77. The van der Waals surface area contributed by atoms with Gasteiger partial charge in [-0.15, -0.1) is 0 Å². The van der Waals surface area contributed by atoms with Crippen molar-refractivity contribution in [2.75, 3.05) is 0 Å². The Hall–Kier alpha value is -1.81. The number of aryl methyl sites for hydroxylation is 2. The molecule has 0 heterocycles. The second-order valence-corrected chi connectivity index (χ2v) is 6.53. The van der Waals surface area contributed by atoms with Crippen molar-refractivity contribution in [1.29, 1.82) is 0 Å². The van der Waals surface area contributed by atoms with Gasteiger partial charge in [0.25, 0.3) is 0 Å². The summed E-state index contributed by atoms with van der Waals surface area (Å²) in [5.41, 5.74) is 4.01. The standard InChI is InChI=1S/C16H18O3S/c1-11-5-8-15(9-6-11)20(17,18)19-16-10-7-12(2)13(3)14(16)4/h5-10H,1-4H3. The van der Waals surface area contributed by atoms with Crippen LogP contribution in [-0.4, -0.2) is 8.42 Å². The highest BCUT2D eigenvalue weighted by atomic mass is 32.2. The molecule has 0 atom stereocenters. The van der Waals surface area contributed by atoms with Gasteiger partial charge in [-0.3, -0.25) is 0 Å². The monoisotopic (exact) mass is 290 g/mol. The molecule has 0 aliphatic carbocycles. The molecule has 0 fully saturated rings. The van der Waals surface area contributed by atoms with Crippen molar-refractivity contribution < 1.29 is 12.6 Å². The van der Waals surface area contributed by atoms with Crippen LogP contribution in [0.3, 0.4) is 0 Å². The van der Waals surface area contributed by atoms with Crippen molar-refractivity contribution in [2.45, 2.75) is 32.6 Å². The van der Waals surface area contributed by atoms with E-state index in [-0.39, 0.29) is 4.90 Å². The maximum Gasteiger partial charge on any atom is 0.339 e. The molecule has 4 heteroatoms. The fourth-order valence-electron chi connectivity index (χ4n) is 1.89. The molecule has 0 bridgehead atoms. The molecule has 0 amide bonds. The van der Waals surface area contributed by atoms with Gasteiger partial charge in [-0.05, 0) is 62.6 Å². The van der Waals surface area contributed by atoms with Crippen LogP contribution in [0.15, 0.2) is 41.3 Å². The first-order chi connectivity index (χ1) is 9.31. The fraction of sp³-hybridized carbons (Fsp3) is 0.250. The van der Waals surface area contributed by atoms with Crippen molar-refractivity contribution in [3.8, 4) is 5.75 Å². The van der Waals surface area contributed by atoms with Crippen molar-refractivity contribution in [3.63, 3.8) is 0 Å². The highest BCUT2D eigenvalue weighted by Crippen LogP contribution is 2.26. The first-order valence-corrected chi connectivity index (χ1v) is 7.80. The average Bonchev–Trinajstić information content (AvgIpc) is 2.40. The molecule has 2 aromatic rings. The molecule has 0 aromatic heterocycles. The lowest BCUT2D eigenvalue weighted by molar-refractivity contribution is 0.484. The molecule has 106 valence electrons. The fourth-order valence-corrected chi connectivity index (χ4v) is 2.88. The lowest BCUT2D eigenvalue weighted by Gasteiger charge is -2.12. The summed E-state index contributed by atoms with van der Waals surface area (Å²) in [5, 5.41) is 0. The zero-order valence-corrected chi connectivity index (χ0v) is 12.9. The van der Waals surface area contributed by atoms with Gasteiger partial charge in [-0.1, -0.05) is 23.8 Å². The van der Waals surface area contributed by atoms with Gasteiger partial charge >= 0.3 is 10.1 Å². The number of hydrogen-bond acceptors (Lipinski definition) is 3. The minimum Gasteiger partial charge on any atom is -0.379 e. The smallest absolute Gasteiger partial charge is 0.339 e. The van der Waals surface area contributed by atoms with E-state index in [1.54, 1.807) is 30.3 Å². The Morgan fingerprint density at radius 3 is 2.00 bits per heavy atom. The van der Waals surface area contributed by atoms with Gasteiger partial charge in [0.1, 0.15) is 10.6 Å². The molecule has 0 aliphatic heterocycles. The Morgan fingerprint density at radius 2 is 1.40 bits per heavy atom. The Morgan fingerprint density at radius 1 is 0.800 bits per heavy atom. The Kier molecular flexibility index (Phi) is 3.86. The molecule has 0 aliphatic rings. The second kappa shape index (κ2) is 5.29. The van der Waals surface area contributed by atoms with Crippen LogP contribution in [-0.2, 0) is 10.1 Å². The van der Waals surface area contributed by atoms with E-state index < -0.39 is 10.1 Å². The quantitative estimate of drug-likeness (QED) is 0.810. The summed E-state index contributed by atoms with van der Waals surface area (Å²) in [5.74, 6) is 0.383. The first kappa shape index (κ1) is 14.6. The minimum absolute atomic E-state index is 0.167. The predicted molar refractivity (Wildman–Crippen MR) is 79.6 cm³/mol. The summed E-state index contributed by atoms with van der Waals surface area (Å²) in [6, 6.07) is 10.2. The molecule has 2 aromatic carbocycles. The van der Waals surface area contributed by atoms with Crippen LogP contribution in [0.2, 0.25) is 0 Å². The van der Waals surface area contributed by atoms with Gasteiger partial charge < -0.3 is 4.18 Å². The maximum atomic E-state index is 12.2. The summed E-state index contributed by atoms with van der Waals surface area (Å²) < 4.78 is 29.7. The Balaban J connectivity index is 2.38. The molecule has 0 saturated heterocycles. The summed E-state index contributed by atoms with van der Waals surface area (Å²) in [7, 11) is -3.78. The molecule has 0 unspecified atom stereocenters. The maximum absolute atomic E-state index is 12.2. The van der Waals surface area contributed by atoms with Gasteiger partial charge in [0, 0.05) is 0 Å². The predicted octanol–water partition coefficient (Wildman–Crippen LogP) is 3.69. The van der Waals surface area contributed by atoms with Gasteiger partial charge in [0.2, 0.25) is 0 Å². The normalized spacial score (nSPS) is 11.4. The lowest BCUT2D eigenvalue weighted by Crippen LogP contribution is -2.11. The SMILES string of the molecule is Cc1ccc(S(=O)(=O)Oc2ccc(C)c(C)c2C)cc1. The molecule has 0 N–H and O–H groups in total. The highest BCUT2D eigenvalue weighted by molar-refractivity contribution is 7.87. The lowest BCUT2D eigenvalue weighted by atomic mass is 10.0. The molecule has 0 radical (unpaired) electrons. The van der Waals surface area contributed by atoms with Crippen LogP contribution in [0.1, 0.15) is 22.3 Å². The zero-order chi connectivity index (χ0) is 14.9. The van der Waals surface area contributed by atoms with Gasteiger partial charge in [-0.2, -0.15) is 8.42 Å². The summed E-state index contributed by atoms with van der Waals surface area (Å²) in [6.07, 6.45) is 0. The summed E-state index contributed by atoms with van der Waals surface area (Å²) >= 11 is 0. The van der Waals surface area contributed by atoms with Crippen molar-refractivity contribution in [3.05, 3.63) is 58.7 Å². The van der Waals surface area contributed by atoms with Crippen molar-refractivity contribution in [2.24, 2.45) is 0 Å². The second-order valence-electron chi connectivity index (χ2n) is 4.98. The minimum atomic E-state index is -3.78. The van der Waals surface area contributed by atoms with E-state index in [9.17, 15) is 8.42 Å².